The number of methoxy groups -OCH3 is 1. The van der Waals surface area contributed by atoms with E-state index >= 15 is 0 Å². The molecule has 1 aliphatic heterocycles. The zero-order valence-corrected chi connectivity index (χ0v) is 5.83. The maximum atomic E-state index is 10.7. The van der Waals surface area contributed by atoms with Crippen molar-refractivity contribution in [1.29, 1.82) is 0 Å². The predicted molar refractivity (Wildman–Crippen MR) is 32.3 cm³/mol. The SMILES string of the molecule is COC(=O)C1OCCCO1. The van der Waals surface area contributed by atoms with E-state index in [1.165, 1.54) is 7.11 Å². The zero-order valence-electron chi connectivity index (χ0n) is 5.83. The Balaban J connectivity index is 2.31. The van der Waals surface area contributed by atoms with Gasteiger partial charge in [0, 0.05) is 0 Å². The van der Waals surface area contributed by atoms with Crippen LogP contribution < -0.4 is 0 Å². The van der Waals surface area contributed by atoms with Crippen LogP contribution in [0, 0.1) is 0 Å². The van der Waals surface area contributed by atoms with E-state index in [1.54, 1.807) is 0 Å². The topological polar surface area (TPSA) is 44.8 Å². The average Bonchev–Trinajstić information content (AvgIpc) is 2.05. The van der Waals surface area contributed by atoms with Crippen molar-refractivity contribution in [3.05, 3.63) is 0 Å². The Labute approximate surface area is 59.1 Å². The monoisotopic (exact) mass is 146 g/mol. The molecule has 0 amide bonds. The summed E-state index contributed by atoms with van der Waals surface area (Å²) in [4.78, 5) is 10.7. The molecule has 1 aliphatic rings. The molecule has 1 saturated heterocycles. The van der Waals surface area contributed by atoms with Gasteiger partial charge in [-0.3, -0.25) is 0 Å². The van der Waals surface area contributed by atoms with Crippen LogP contribution in [-0.4, -0.2) is 32.6 Å². The average molecular weight is 146 g/mol. The second kappa shape index (κ2) is 3.53. The maximum absolute atomic E-state index is 10.7. The lowest BCUT2D eigenvalue weighted by Gasteiger charge is -2.20. The first kappa shape index (κ1) is 7.50. The van der Waals surface area contributed by atoms with Crippen molar-refractivity contribution in [3.8, 4) is 0 Å². The van der Waals surface area contributed by atoms with Gasteiger partial charge in [-0.15, -0.1) is 0 Å². The third-order valence-electron chi connectivity index (χ3n) is 1.22. The number of ether oxygens (including phenoxy) is 3. The molecule has 0 bridgehead atoms. The second-order valence-corrected chi connectivity index (χ2v) is 1.95. The molecular formula is C6H10O4. The van der Waals surface area contributed by atoms with Crippen molar-refractivity contribution in [2.45, 2.75) is 12.7 Å². The third-order valence-corrected chi connectivity index (χ3v) is 1.22. The van der Waals surface area contributed by atoms with Crippen LogP contribution in [0.15, 0.2) is 0 Å². The molecule has 0 radical (unpaired) electrons. The van der Waals surface area contributed by atoms with Crippen molar-refractivity contribution >= 4 is 5.97 Å². The van der Waals surface area contributed by atoms with Gasteiger partial charge in [0.2, 0.25) is 0 Å². The summed E-state index contributed by atoms with van der Waals surface area (Å²) in [5.41, 5.74) is 0. The fourth-order valence-electron chi connectivity index (χ4n) is 0.720. The van der Waals surface area contributed by atoms with Gasteiger partial charge in [0.05, 0.1) is 20.3 Å². The van der Waals surface area contributed by atoms with Gasteiger partial charge >= 0.3 is 5.97 Å². The van der Waals surface area contributed by atoms with Crippen molar-refractivity contribution < 1.29 is 19.0 Å². The number of hydrogen-bond acceptors (Lipinski definition) is 4. The molecular weight excluding hydrogens is 136 g/mol. The van der Waals surface area contributed by atoms with E-state index in [4.69, 9.17) is 9.47 Å². The first-order valence-electron chi connectivity index (χ1n) is 3.15. The van der Waals surface area contributed by atoms with E-state index in [9.17, 15) is 4.79 Å². The Bertz CT molecular complexity index is 117. The van der Waals surface area contributed by atoms with Crippen molar-refractivity contribution in [3.63, 3.8) is 0 Å². The molecule has 1 rings (SSSR count). The molecule has 0 spiro atoms. The molecule has 0 aliphatic carbocycles. The van der Waals surface area contributed by atoms with Gasteiger partial charge in [-0.1, -0.05) is 0 Å². The van der Waals surface area contributed by atoms with Crippen molar-refractivity contribution in [1.82, 2.24) is 0 Å². The van der Waals surface area contributed by atoms with E-state index in [2.05, 4.69) is 4.74 Å². The summed E-state index contributed by atoms with van der Waals surface area (Å²) >= 11 is 0. The fourth-order valence-corrected chi connectivity index (χ4v) is 0.720. The van der Waals surface area contributed by atoms with Crippen LogP contribution in [0.3, 0.4) is 0 Å². The minimum absolute atomic E-state index is 0.459. The summed E-state index contributed by atoms with van der Waals surface area (Å²) in [6.45, 7) is 1.14. The van der Waals surface area contributed by atoms with Gasteiger partial charge in [-0.2, -0.15) is 0 Å². The smallest absolute Gasteiger partial charge is 0.363 e. The van der Waals surface area contributed by atoms with Gasteiger partial charge in [0.1, 0.15) is 0 Å². The van der Waals surface area contributed by atoms with Gasteiger partial charge in [-0.05, 0) is 6.42 Å². The molecule has 0 atom stereocenters. The Morgan fingerprint density at radius 1 is 1.50 bits per heavy atom. The molecule has 10 heavy (non-hydrogen) atoms. The van der Waals surface area contributed by atoms with Crippen LogP contribution in [0.2, 0.25) is 0 Å². The van der Waals surface area contributed by atoms with Crippen LogP contribution >= 0.6 is 0 Å². The van der Waals surface area contributed by atoms with E-state index < -0.39 is 12.3 Å². The molecule has 0 saturated carbocycles. The van der Waals surface area contributed by atoms with Crippen LogP contribution in [0.25, 0.3) is 0 Å². The number of hydrogen-bond donors (Lipinski definition) is 0. The Hall–Kier alpha value is -0.610. The van der Waals surface area contributed by atoms with Gasteiger partial charge in [-0.25, -0.2) is 4.79 Å². The molecule has 0 N–H and O–H groups in total. The van der Waals surface area contributed by atoms with Gasteiger partial charge in [0.15, 0.2) is 0 Å². The molecule has 1 heterocycles. The van der Waals surface area contributed by atoms with Crippen LogP contribution in [0.4, 0.5) is 0 Å². The van der Waals surface area contributed by atoms with Gasteiger partial charge in [0.25, 0.3) is 6.29 Å². The van der Waals surface area contributed by atoms with E-state index in [-0.39, 0.29) is 0 Å². The lowest BCUT2D eigenvalue weighted by molar-refractivity contribution is -0.207. The Morgan fingerprint density at radius 2 is 2.10 bits per heavy atom. The van der Waals surface area contributed by atoms with E-state index in [0.29, 0.717) is 13.2 Å². The zero-order chi connectivity index (χ0) is 7.40. The molecule has 4 nitrogen and oxygen atoms in total. The van der Waals surface area contributed by atoms with Gasteiger partial charge < -0.3 is 14.2 Å². The van der Waals surface area contributed by atoms with Crippen LogP contribution in [0.5, 0.6) is 0 Å². The highest BCUT2D eigenvalue weighted by molar-refractivity contribution is 5.73. The summed E-state index contributed by atoms with van der Waals surface area (Å²) < 4.78 is 14.3. The summed E-state index contributed by atoms with van der Waals surface area (Å²) in [5, 5.41) is 0. The summed E-state index contributed by atoms with van der Waals surface area (Å²) in [6.07, 6.45) is 0.0479. The highest BCUT2D eigenvalue weighted by Crippen LogP contribution is 2.05. The lowest BCUT2D eigenvalue weighted by atomic mass is 10.4. The summed E-state index contributed by atoms with van der Waals surface area (Å²) in [7, 11) is 1.31. The summed E-state index contributed by atoms with van der Waals surface area (Å²) in [6, 6.07) is 0. The largest absolute Gasteiger partial charge is 0.465 e. The highest BCUT2D eigenvalue weighted by atomic mass is 16.7. The molecule has 58 valence electrons. The Kier molecular flexibility index (Phi) is 2.65. The maximum Gasteiger partial charge on any atom is 0.363 e. The fraction of sp³-hybridized carbons (Fsp3) is 0.833. The standard InChI is InChI=1S/C6H10O4/c1-8-5(7)6-9-3-2-4-10-6/h6H,2-4H2,1H3. The minimum Gasteiger partial charge on any atom is -0.465 e. The van der Waals surface area contributed by atoms with Crippen molar-refractivity contribution in [2.75, 3.05) is 20.3 Å². The second-order valence-electron chi connectivity index (χ2n) is 1.95. The molecule has 4 heteroatoms. The summed E-state index contributed by atoms with van der Waals surface area (Å²) in [5.74, 6) is -0.459. The third kappa shape index (κ3) is 1.68. The predicted octanol–water partition coefficient (Wildman–Crippen LogP) is -0.0776. The first-order valence-corrected chi connectivity index (χ1v) is 3.15. The van der Waals surface area contributed by atoms with E-state index in [1.807, 2.05) is 0 Å². The highest BCUT2D eigenvalue weighted by Gasteiger charge is 2.22. The number of carbonyl (C=O) groups excluding carboxylic acids is 1. The number of esters is 1. The van der Waals surface area contributed by atoms with E-state index in [0.717, 1.165) is 6.42 Å². The lowest BCUT2D eigenvalue weighted by Crippen LogP contribution is -2.33. The van der Waals surface area contributed by atoms with Crippen molar-refractivity contribution in [2.24, 2.45) is 0 Å². The molecule has 0 aromatic carbocycles. The molecule has 0 aromatic rings. The normalized spacial score (nSPS) is 20.5. The van der Waals surface area contributed by atoms with Crippen LogP contribution in [-0.2, 0) is 19.0 Å². The minimum atomic E-state index is -0.793. The first-order chi connectivity index (χ1) is 4.84. The number of rotatable bonds is 1. The van der Waals surface area contributed by atoms with Crippen LogP contribution in [0.1, 0.15) is 6.42 Å². The molecule has 0 unspecified atom stereocenters. The quantitative estimate of drug-likeness (QED) is 0.485. The Morgan fingerprint density at radius 3 is 2.60 bits per heavy atom. The molecule has 1 fully saturated rings. The number of carbonyl (C=O) groups is 1. The molecule has 0 aromatic heterocycles.